The lowest BCUT2D eigenvalue weighted by Gasteiger charge is -2.05. The van der Waals surface area contributed by atoms with E-state index in [1.54, 1.807) is 29.8 Å². The fourth-order valence-electron chi connectivity index (χ4n) is 2.13. The lowest BCUT2D eigenvalue weighted by atomic mass is 10.2. The van der Waals surface area contributed by atoms with Crippen molar-refractivity contribution in [3.8, 4) is 11.3 Å². The fourth-order valence-corrected chi connectivity index (χ4v) is 3.40. The third kappa shape index (κ3) is 2.30. The summed E-state index contributed by atoms with van der Waals surface area (Å²) in [5.74, 6) is 0.498. The first kappa shape index (κ1) is 13.2. The highest BCUT2D eigenvalue weighted by molar-refractivity contribution is 7.12. The van der Waals surface area contributed by atoms with Gasteiger partial charge in [0.15, 0.2) is 5.65 Å². The lowest BCUT2D eigenvalue weighted by molar-refractivity contribution is 0.103. The SMILES string of the molecule is O=C(Nc1cnc2cnc(-c3ccsc3)cn12)c1cccs1. The normalized spacial score (nSPS) is 10.9. The zero-order valence-electron chi connectivity index (χ0n) is 11.3. The summed E-state index contributed by atoms with van der Waals surface area (Å²) >= 11 is 3.03. The lowest BCUT2D eigenvalue weighted by Crippen LogP contribution is -2.11. The zero-order valence-corrected chi connectivity index (χ0v) is 12.9. The van der Waals surface area contributed by atoms with Crippen molar-refractivity contribution in [1.82, 2.24) is 14.4 Å². The Morgan fingerprint density at radius 2 is 2.14 bits per heavy atom. The summed E-state index contributed by atoms with van der Waals surface area (Å²) in [7, 11) is 0. The van der Waals surface area contributed by atoms with Gasteiger partial charge in [-0.05, 0) is 22.9 Å². The predicted octanol–water partition coefficient (Wildman–Crippen LogP) is 3.77. The second-order valence-electron chi connectivity index (χ2n) is 4.59. The summed E-state index contributed by atoms with van der Waals surface area (Å²) in [6, 6.07) is 5.66. The maximum Gasteiger partial charge on any atom is 0.266 e. The molecule has 108 valence electrons. The van der Waals surface area contributed by atoms with E-state index in [9.17, 15) is 4.79 Å². The van der Waals surface area contributed by atoms with E-state index in [0.717, 1.165) is 11.3 Å². The highest BCUT2D eigenvalue weighted by atomic mass is 32.1. The summed E-state index contributed by atoms with van der Waals surface area (Å²) in [5, 5.41) is 8.81. The number of fused-ring (bicyclic) bond motifs is 1. The van der Waals surface area contributed by atoms with Gasteiger partial charge in [-0.1, -0.05) is 6.07 Å². The number of amides is 1. The molecule has 0 radical (unpaired) electrons. The van der Waals surface area contributed by atoms with E-state index in [1.807, 2.05) is 38.9 Å². The number of carbonyl (C=O) groups is 1. The quantitative estimate of drug-likeness (QED) is 0.623. The van der Waals surface area contributed by atoms with Gasteiger partial charge in [0.1, 0.15) is 5.82 Å². The van der Waals surface area contributed by atoms with Gasteiger partial charge >= 0.3 is 0 Å². The number of anilines is 1. The monoisotopic (exact) mass is 326 g/mol. The average Bonchev–Trinajstić information content (AvgIpc) is 3.29. The molecular formula is C15H10N4OS2. The first-order valence-corrected chi connectivity index (χ1v) is 8.34. The van der Waals surface area contributed by atoms with E-state index in [-0.39, 0.29) is 5.91 Å². The van der Waals surface area contributed by atoms with Crippen molar-refractivity contribution in [1.29, 1.82) is 0 Å². The van der Waals surface area contributed by atoms with Crippen LogP contribution in [0.15, 0.2) is 52.9 Å². The average molecular weight is 326 g/mol. The Morgan fingerprint density at radius 3 is 2.91 bits per heavy atom. The smallest absolute Gasteiger partial charge is 0.266 e. The predicted molar refractivity (Wildman–Crippen MR) is 88.6 cm³/mol. The first-order valence-electron chi connectivity index (χ1n) is 6.52. The summed E-state index contributed by atoms with van der Waals surface area (Å²) in [4.78, 5) is 21.5. The van der Waals surface area contributed by atoms with Crippen molar-refractivity contribution in [2.45, 2.75) is 0 Å². The van der Waals surface area contributed by atoms with Crippen molar-refractivity contribution in [3.63, 3.8) is 0 Å². The van der Waals surface area contributed by atoms with Crippen LogP contribution in [-0.4, -0.2) is 20.3 Å². The van der Waals surface area contributed by atoms with Crippen LogP contribution in [0.4, 0.5) is 5.82 Å². The maximum absolute atomic E-state index is 12.2. The highest BCUT2D eigenvalue weighted by Gasteiger charge is 2.11. The molecule has 1 N–H and O–H groups in total. The fraction of sp³-hybridized carbons (Fsp3) is 0. The van der Waals surface area contributed by atoms with Crippen molar-refractivity contribution in [3.05, 3.63) is 57.8 Å². The van der Waals surface area contributed by atoms with Gasteiger partial charge in [-0.25, -0.2) is 4.98 Å². The molecule has 0 saturated carbocycles. The van der Waals surface area contributed by atoms with Crippen molar-refractivity contribution < 1.29 is 4.79 Å². The molecule has 0 spiro atoms. The minimum atomic E-state index is -0.134. The molecule has 0 aromatic carbocycles. The van der Waals surface area contributed by atoms with Crippen LogP contribution in [-0.2, 0) is 0 Å². The number of thiophene rings is 2. The van der Waals surface area contributed by atoms with Crippen LogP contribution in [0.5, 0.6) is 0 Å². The van der Waals surface area contributed by atoms with Crippen LogP contribution in [0.2, 0.25) is 0 Å². The molecule has 4 heterocycles. The Kier molecular flexibility index (Phi) is 3.21. The van der Waals surface area contributed by atoms with Crippen LogP contribution >= 0.6 is 22.7 Å². The van der Waals surface area contributed by atoms with Crippen molar-refractivity contribution in [2.24, 2.45) is 0 Å². The molecule has 1 amide bonds. The van der Waals surface area contributed by atoms with Gasteiger partial charge in [0.2, 0.25) is 0 Å². The maximum atomic E-state index is 12.2. The van der Waals surface area contributed by atoms with Gasteiger partial charge < -0.3 is 5.32 Å². The second kappa shape index (κ2) is 5.36. The highest BCUT2D eigenvalue weighted by Crippen LogP contribution is 2.22. The molecule has 7 heteroatoms. The van der Waals surface area contributed by atoms with Crippen LogP contribution in [0.1, 0.15) is 9.67 Å². The van der Waals surface area contributed by atoms with E-state index >= 15 is 0 Å². The summed E-state index contributed by atoms with van der Waals surface area (Å²) in [6.07, 6.45) is 5.22. The molecule has 0 aliphatic heterocycles. The molecule has 0 unspecified atom stereocenters. The Hall–Kier alpha value is -2.51. The molecule has 0 aliphatic rings. The van der Waals surface area contributed by atoms with Crippen LogP contribution < -0.4 is 5.32 Å². The van der Waals surface area contributed by atoms with E-state index in [2.05, 4.69) is 15.3 Å². The number of hydrogen-bond donors (Lipinski definition) is 1. The standard InChI is InChI=1S/C15H10N4OS2/c20-15(12-2-1-4-22-12)18-14-7-17-13-6-16-11(8-19(13)14)10-3-5-21-9-10/h1-9H,(H,18,20). The number of aromatic nitrogens is 3. The minimum absolute atomic E-state index is 0.134. The molecule has 4 aromatic heterocycles. The minimum Gasteiger partial charge on any atom is -0.306 e. The molecule has 0 bridgehead atoms. The van der Waals surface area contributed by atoms with Gasteiger partial charge in [0, 0.05) is 17.1 Å². The van der Waals surface area contributed by atoms with E-state index in [1.165, 1.54) is 11.3 Å². The Labute approximate surface area is 133 Å². The molecular weight excluding hydrogens is 316 g/mol. The zero-order chi connectivity index (χ0) is 14.9. The first-order chi connectivity index (χ1) is 10.8. The number of carbonyl (C=O) groups excluding carboxylic acids is 1. The number of nitrogens with zero attached hydrogens (tertiary/aromatic N) is 3. The topological polar surface area (TPSA) is 59.3 Å². The Balaban J connectivity index is 1.72. The Morgan fingerprint density at radius 1 is 1.18 bits per heavy atom. The van der Waals surface area contributed by atoms with Crippen molar-refractivity contribution in [2.75, 3.05) is 5.32 Å². The van der Waals surface area contributed by atoms with Gasteiger partial charge in [0.05, 0.1) is 23.0 Å². The summed E-state index contributed by atoms with van der Waals surface area (Å²) in [5.41, 5.74) is 2.59. The largest absolute Gasteiger partial charge is 0.306 e. The van der Waals surface area contributed by atoms with Crippen LogP contribution in [0.25, 0.3) is 16.9 Å². The van der Waals surface area contributed by atoms with Crippen LogP contribution in [0, 0.1) is 0 Å². The number of rotatable bonds is 3. The molecule has 4 rings (SSSR count). The molecule has 0 fully saturated rings. The molecule has 5 nitrogen and oxygen atoms in total. The molecule has 4 aromatic rings. The van der Waals surface area contributed by atoms with Gasteiger partial charge in [-0.15, -0.1) is 11.3 Å². The van der Waals surface area contributed by atoms with Crippen molar-refractivity contribution >= 4 is 40.0 Å². The van der Waals surface area contributed by atoms with Gasteiger partial charge in [-0.3, -0.25) is 14.2 Å². The van der Waals surface area contributed by atoms with Gasteiger partial charge in [-0.2, -0.15) is 11.3 Å². The Bertz CT molecular complexity index is 926. The van der Waals surface area contributed by atoms with Crippen LogP contribution in [0.3, 0.4) is 0 Å². The van der Waals surface area contributed by atoms with E-state index < -0.39 is 0 Å². The third-order valence-electron chi connectivity index (χ3n) is 3.20. The molecule has 0 aliphatic carbocycles. The summed E-state index contributed by atoms with van der Waals surface area (Å²) < 4.78 is 1.84. The number of nitrogens with one attached hydrogen (secondary N) is 1. The number of hydrogen-bond acceptors (Lipinski definition) is 5. The third-order valence-corrected chi connectivity index (χ3v) is 4.75. The van der Waals surface area contributed by atoms with E-state index in [4.69, 9.17) is 0 Å². The summed E-state index contributed by atoms with van der Waals surface area (Å²) in [6.45, 7) is 0. The van der Waals surface area contributed by atoms with E-state index in [0.29, 0.717) is 16.3 Å². The molecule has 22 heavy (non-hydrogen) atoms. The molecule has 0 saturated heterocycles. The number of imidazole rings is 1. The molecule has 0 atom stereocenters. The van der Waals surface area contributed by atoms with Gasteiger partial charge in [0.25, 0.3) is 5.91 Å². The second-order valence-corrected chi connectivity index (χ2v) is 6.32.